The number of hydrogen-bond donors (Lipinski definition) is 2. The molecule has 0 fully saturated rings. The molecule has 2 heterocycles. The molecular weight excluding hydrogens is 371 g/mol. The van der Waals surface area contributed by atoms with Gasteiger partial charge < -0.3 is 4.74 Å². The molecule has 2 N–H and O–H groups in total. The molecule has 2 amide bonds. The van der Waals surface area contributed by atoms with Crippen LogP contribution < -0.4 is 15.4 Å². The molecule has 7 nitrogen and oxygen atoms in total. The van der Waals surface area contributed by atoms with Gasteiger partial charge in [-0.15, -0.1) is 13.2 Å². The lowest BCUT2D eigenvalue weighted by molar-refractivity contribution is -0.276. The highest BCUT2D eigenvalue weighted by Gasteiger charge is 2.32. The zero-order valence-electron chi connectivity index (χ0n) is 11.0. The number of rotatable bonds is 3. The molecule has 11 heteroatoms. The molecule has 0 spiro atoms. The monoisotopic (exact) mass is 379 g/mol. The van der Waals surface area contributed by atoms with Crippen molar-refractivity contribution < 1.29 is 22.7 Å². The second-order valence-corrected chi connectivity index (χ2v) is 4.84. The number of carbonyl (C=O) groups excluding carboxylic acids is 1. The van der Waals surface area contributed by atoms with Crippen LogP contribution >= 0.6 is 15.9 Å². The van der Waals surface area contributed by atoms with Gasteiger partial charge in [-0.25, -0.2) is 4.79 Å². The largest absolute Gasteiger partial charge is 0.574 e. The zero-order valence-corrected chi connectivity index (χ0v) is 12.6. The lowest BCUT2D eigenvalue weighted by Gasteiger charge is -2.11. The molecule has 22 heavy (non-hydrogen) atoms. The van der Waals surface area contributed by atoms with E-state index in [0.717, 1.165) is 0 Å². The Morgan fingerprint density at radius 3 is 2.55 bits per heavy atom. The number of carbonyl (C=O) groups is 1. The summed E-state index contributed by atoms with van der Waals surface area (Å²) in [6.07, 6.45) is -3.27. The minimum absolute atomic E-state index is 0.000471. The third-order valence-electron chi connectivity index (χ3n) is 2.22. The summed E-state index contributed by atoms with van der Waals surface area (Å²) in [5.41, 5.74) is 0. The number of amides is 2. The van der Waals surface area contributed by atoms with Crippen molar-refractivity contribution in [1.82, 2.24) is 14.8 Å². The summed E-state index contributed by atoms with van der Waals surface area (Å²) in [5, 5.41) is 8.59. The van der Waals surface area contributed by atoms with Crippen molar-refractivity contribution in [3.63, 3.8) is 0 Å². The van der Waals surface area contributed by atoms with Gasteiger partial charge in [-0.2, -0.15) is 10.1 Å². The van der Waals surface area contributed by atoms with Gasteiger partial charge in [-0.05, 0) is 28.1 Å². The van der Waals surface area contributed by atoms with E-state index in [0.29, 0.717) is 0 Å². The van der Waals surface area contributed by atoms with Crippen LogP contribution in [-0.4, -0.2) is 27.2 Å². The number of pyridine rings is 1. The first kappa shape index (κ1) is 16.1. The smallest absolute Gasteiger partial charge is 0.387 e. The fourth-order valence-corrected chi connectivity index (χ4v) is 1.72. The molecule has 2 aromatic rings. The van der Waals surface area contributed by atoms with E-state index >= 15 is 0 Å². The highest BCUT2D eigenvalue weighted by atomic mass is 79.9. The van der Waals surface area contributed by atoms with Crippen LogP contribution in [-0.2, 0) is 7.05 Å². The second-order valence-electron chi connectivity index (χ2n) is 3.99. The maximum atomic E-state index is 12.2. The van der Waals surface area contributed by atoms with Crippen molar-refractivity contribution in [3.8, 4) is 5.88 Å². The van der Waals surface area contributed by atoms with Gasteiger partial charge in [-0.1, -0.05) is 0 Å². The average Bonchev–Trinajstić information content (AvgIpc) is 2.77. The molecule has 0 aliphatic heterocycles. The highest BCUT2D eigenvalue weighted by Crippen LogP contribution is 2.29. The molecule has 0 saturated carbocycles. The first-order valence-corrected chi connectivity index (χ1v) is 6.52. The molecule has 2 aromatic heterocycles. The van der Waals surface area contributed by atoms with Crippen LogP contribution in [0.25, 0.3) is 0 Å². The number of aryl methyl sites for hydroxylation is 1. The van der Waals surface area contributed by atoms with E-state index in [1.807, 2.05) is 0 Å². The van der Waals surface area contributed by atoms with Gasteiger partial charge in [0.1, 0.15) is 5.82 Å². The van der Waals surface area contributed by atoms with Gasteiger partial charge in [0, 0.05) is 19.3 Å². The normalized spacial score (nSPS) is 11.1. The van der Waals surface area contributed by atoms with Crippen molar-refractivity contribution >= 4 is 33.6 Å². The number of anilines is 2. The topological polar surface area (TPSA) is 81.1 Å². The van der Waals surface area contributed by atoms with Crippen LogP contribution in [0.4, 0.5) is 29.6 Å². The molecular formula is C11H9BrF3N5O2. The summed E-state index contributed by atoms with van der Waals surface area (Å²) < 4.78 is 41.8. The third kappa shape index (κ3) is 4.62. The summed E-state index contributed by atoms with van der Waals surface area (Å²) in [6, 6.07) is 3.43. The van der Waals surface area contributed by atoms with Crippen LogP contribution in [0.5, 0.6) is 5.88 Å². The minimum atomic E-state index is -4.88. The summed E-state index contributed by atoms with van der Waals surface area (Å²) >= 11 is 2.88. The van der Waals surface area contributed by atoms with Gasteiger partial charge in [0.25, 0.3) is 0 Å². The van der Waals surface area contributed by atoms with E-state index in [1.54, 1.807) is 19.3 Å². The standard InChI is InChI=1S/C11H9BrF3N5O2/c1-20-5-4-8(19-20)18-10(21)17-7-3-2-6(12)9(16-7)22-11(13,14)15/h2-5H,1H3,(H2,16,17,18,19,21). The van der Waals surface area contributed by atoms with E-state index in [-0.39, 0.29) is 16.1 Å². The molecule has 0 radical (unpaired) electrons. The number of urea groups is 1. The Bertz CT molecular complexity index is 689. The molecule has 0 atom stereocenters. The molecule has 0 aliphatic carbocycles. The maximum Gasteiger partial charge on any atom is 0.574 e. The average molecular weight is 380 g/mol. The Kier molecular flexibility index (Phi) is 4.54. The Morgan fingerprint density at radius 2 is 1.95 bits per heavy atom. The zero-order chi connectivity index (χ0) is 16.3. The Balaban J connectivity index is 2.06. The number of nitrogens with zero attached hydrogens (tertiary/aromatic N) is 3. The summed E-state index contributed by atoms with van der Waals surface area (Å²) in [5.74, 6) is -0.539. The van der Waals surface area contributed by atoms with Crippen molar-refractivity contribution in [2.24, 2.45) is 7.05 Å². The summed E-state index contributed by atoms with van der Waals surface area (Å²) in [6.45, 7) is 0. The molecule has 0 aromatic carbocycles. The molecule has 0 bridgehead atoms. The molecule has 0 unspecified atom stereocenters. The van der Waals surface area contributed by atoms with Gasteiger partial charge in [0.15, 0.2) is 5.82 Å². The van der Waals surface area contributed by atoms with E-state index < -0.39 is 18.3 Å². The van der Waals surface area contributed by atoms with E-state index in [1.165, 1.54) is 16.8 Å². The minimum Gasteiger partial charge on any atom is -0.387 e. The lowest BCUT2D eigenvalue weighted by atomic mass is 10.4. The first-order valence-electron chi connectivity index (χ1n) is 5.73. The second kappa shape index (κ2) is 6.22. The Hall–Kier alpha value is -2.30. The molecule has 0 aliphatic rings. The predicted molar refractivity (Wildman–Crippen MR) is 74.5 cm³/mol. The fourth-order valence-electron chi connectivity index (χ4n) is 1.42. The highest BCUT2D eigenvalue weighted by molar-refractivity contribution is 9.10. The van der Waals surface area contributed by atoms with Gasteiger partial charge in [0.05, 0.1) is 4.47 Å². The summed E-state index contributed by atoms with van der Waals surface area (Å²) in [4.78, 5) is 15.2. The quantitative estimate of drug-likeness (QED) is 0.858. The number of aromatic nitrogens is 3. The van der Waals surface area contributed by atoms with Crippen LogP contribution in [0.15, 0.2) is 28.9 Å². The molecule has 2 rings (SSSR count). The lowest BCUT2D eigenvalue weighted by Crippen LogP contribution is -2.22. The van der Waals surface area contributed by atoms with Crippen molar-refractivity contribution in [3.05, 3.63) is 28.9 Å². The SMILES string of the molecule is Cn1ccc(NC(=O)Nc2ccc(Br)c(OC(F)(F)F)n2)n1. The third-order valence-corrected chi connectivity index (χ3v) is 2.83. The maximum absolute atomic E-state index is 12.2. The Labute approximate surface area is 130 Å². The van der Waals surface area contributed by atoms with Gasteiger partial charge >= 0.3 is 12.4 Å². The van der Waals surface area contributed by atoms with Crippen LogP contribution in [0.1, 0.15) is 0 Å². The number of nitrogens with one attached hydrogen (secondary N) is 2. The van der Waals surface area contributed by atoms with Crippen LogP contribution in [0, 0.1) is 0 Å². The number of hydrogen-bond acceptors (Lipinski definition) is 4. The Morgan fingerprint density at radius 1 is 1.27 bits per heavy atom. The van der Waals surface area contributed by atoms with Crippen molar-refractivity contribution in [2.75, 3.05) is 10.6 Å². The van der Waals surface area contributed by atoms with E-state index in [4.69, 9.17) is 0 Å². The van der Waals surface area contributed by atoms with E-state index in [2.05, 4.69) is 41.4 Å². The first-order chi connectivity index (χ1) is 10.2. The molecule has 118 valence electrons. The predicted octanol–water partition coefficient (Wildman–Crippen LogP) is 3.12. The van der Waals surface area contributed by atoms with Crippen LogP contribution in [0.3, 0.4) is 0 Å². The summed E-state index contributed by atoms with van der Waals surface area (Å²) in [7, 11) is 1.67. The number of ether oxygens (including phenoxy) is 1. The number of halogens is 4. The van der Waals surface area contributed by atoms with Gasteiger partial charge in [0.2, 0.25) is 5.88 Å². The van der Waals surface area contributed by atoms with Crippen LogP contribution in [0.2, 0.25) is 0 Å². The van der Waals surface area contributed by atoms with Crippen molar-refractivity contribution in [1.29, 1.82) is 0 Å². The van der Waals surface area contributed by atoms with E-state index in [9.17, 15) is 18.0 Å². The van der Waals surface area contributed by atoms with Crippen molar-refractivity contribution in [2.45, 2.75) is 6.36 Å². The fraction of sp³-hybridized carbons (Fsp3) is 0.182. The molecule has 0 saturated heterocycles. The number of alkyl halides is 3. The van der Waals surface area contributed by atoms with Gasteiger partial charge in [-0.3, -0.25) is 15.3 Å².